The average molecular weight is 238 g/mol. The van der Waals surface area contributed by atoms with Crippen LogP contribution in [0.5, 0.6) is 0 Å². The van der Waals surface area contributed by atoms with Gasteiger partial charge in [0.2, 0.25) is 5.91 Å². The summed E-state index contributed by atoms with van der Waals surface area (Å²) in [5.74, 6) is 1.78. The number of carbonyl (C=O) groups is 1. The number of thioether (sulfide) groups is 1. The SMILES string of the molecule is CCCSCC(=O)N(C)Cc1ccccn1. The summed E-state index contributed by atoms with van der Waals surface area (Å²) >= 11 is 1.69. The van der Waals surface area contributed by atoms with Gasteiger partial charge < -0.3 is 4.90 Å². The van der Waals surface area contributed by atoms with E-state index in [1.54, 1.807) is 22.9 Å². The number of rotatable bonds is 6. The first-order valence-corrected chi connectivity index (χ1v) is 6.61. The Morgan fingerprint density at radius 2 is 2.31 bits per heavy atom. The molecule has 3 nitrogen and oxygen atoms in total. The topological polar surface area (TPSA) is 33.2 Å². The van der Waals surface area contributed by atoms with E-state index in [2.05, 4.69) is 11.9 Å². The first-order chi connectivity index (χ1) is 7.74. The largest absolute Gasteiger partial charge is 0.339 e. The van der Waals surface area contributed by atoms with E-state index in [1.165, 1.54) is 0 Å². The Bertz CT molecular complexity index is 316. The monoisotopic (exact) mass is 238 g/mol. The highest BCUT2D eigenvalue weighted by Crippen LogP contribution is 2.05. The van der Waals surface area contributed by atoms with Crippen LogP contribution in [0.3, 0.4) is 0 Å². The lowest BCUT2D eigenvalue weighted by molar-refractivity contribution is -0.127. The van der Waals surface area contributed by atoms with E-state index < -0.39 is 0 Å². The molecule has 1 rings (SSSR count). The minimum Gasteiger partial charge on any atom is -0.339 e. The Morgan fingerprint density at radius 1 is 1.50 bits per heavy atom. The fourth-order valence-electron chi connectivity index (χ4n) is 1.24. The minimum atomic E-state index is 0.170. The smallest absolute Gasteiger partial charge is 0.232 e. The molecule has 0 N–H and O–H groups in total. The molecular weight excluding hydrogens is 220 g/mol. The zero-order chi connectivity index (χ0) is 11.8. The molecule has 88 valence electrons. The van der Waals surface area contributed by atoms with Crippen LogP contribution >= 0.6 is 11.8 Å². The quantitative estimate of drug-likeness (QED) is 0.712. The van der Waals surface area contributed by atoms with E-state index in [-0.39, 0.29) is 5.91 Å². The molecule has 1 aromatic rings. The van der Waals surface area contributed by atoms with E-state index in [0.717, 1.165) is 17.9 Å². The predicted molar refractivity (Wildman–Crippen MR) is 68.3 cm³/mol. The first kappa shape index (κ1) is 13.0. The van der Waals surface area contributed by atoms with Gasteiger partial charge in [-0.25, -0.2) is 0 Å². The lowest BCUT2D eigenvalue weighted by atomic mass is 10.3. The van der Waals surface area contributed by atoms with Crippen molar-refractivity contribution in [3.8, 4) is 0 Å². The molecule has 0 radical (unpaired) electrons. The Kier molecular flexibility index (Phi) is 5.93. The summed E-state index contributed by atoms with van der Waals surface area (Å²) in [5.41, 5.74) is 0.929. The molecule has 1 heterocycles. The van der Waals surface area contributed by atoms with Gasteiger partial charge in [0.25, 0.3) is 0 Å². The molecule has 0 bridgehead atoms. The van der Waals surface area contributed by atoms with Crippen LogP contribution < -0.4 is 0 Å². The Labute approximate surface area is 101 Å². The lowest BCUT2D eigenvalue weighted by Crippen LogP contribution is -2.28. The highest BCUT2D eigenvalue weighted by Gasteiger charge is 2.09. The van der Waals surface area contributed by atoms with E-state index in [9.17, 15) is 4.79 Å². The summed E-state index contributed by atoms with van der Waals surface area (Å²) < 4.78 is 0. The zero-order valence-corrected chi connectivity index (χ0v) is 10.7. The van der Waals surface area contributed by atoms with Crippen molar-refractivity contribution in [1.82, 2.24) is 9.88 Å². The Hall–Kier alpha value is -1.03. The van der Waals surface area contributed by atoms with Gasteiger partial charge in [-0.05, 0) is 24.3 Å². The molecule has 4 heteroatoms. The number of nitrogens with zero attached hydrogens (tertiary/aromatic N) is 2. The molecule has 0 aromatic carbocycles. The molecule has 0 aliphatic heterocycles. The molecule has 1 amide bonds. The Balaban J connectivity index is 2.34. The van der Waals surface area contributed by atoms with E-state index >= 15 is 0 Å². The summed E-state index contributed by atoms with van der Waals surface area (Å²) in [5, 5.41) is 0. The molecule has 0 fully saturated rings. The normalized spacial score (nSPS) is 10.1. The van der Waals surface area contributed by atoms with Crippen LogP contribution in [0.25, 0.3) is 0 Å². The van der Waals surface area contributed by atoms with Gasteiger partial charge in [0.1, 0.15) is 0 Å². The fraction of sp³-hybridized carbons (Fsp3) is 0.500. The summed E-state index contributed by atoms with van der Waals surface area (Å²) in [6.45, 7) is 2.71. The van der Waals surface area contributed by atoms with Crippen molar-refractivity contribution in [1.29, 1.82) is 0 Å². The fourth-order valence-corrected chi connectivity index (χ4v) is 2.06. The molecule has 0 spiro atoms. The van der Waals surface area contributed by atoms with Gasteiger partial charge >= 0.3 is 0 Å². The zero-order valence-electron chi connectivity index (χ0n) is 9.85. The Morgan fingerprint density at radius 3 is 2.94 bits per heavy atom. The summed E-state index contributed by atoms with van der Waals surface area (Å²) in [6.07, 6.45) is 2.86. The van der Waals surface area contributed by atoms with Crippen LogP contribution in [0.1, 0.15) is 19.0 Å². The van der Waals surface area contributed by atoms with Gasteiger partial charge in [0.15, 0.2) is 0 Å². The number of aromatic nitrogens is 1. The second-order valence-corrected chi connectivity index (χ2v) is 4.73. The van der Waals surface area contributed by atoms with Crippen LogP contribution in [0.15, 0.2) is 24.4 Å². The second-order valence-electron chi connectivity index (χ2n) is 3.62. The highest BCUT2D eigenvalue weighted by atomic mass is 32.2. The molecule has 0 saturated carbocycles. The van der Waals surface area contributed by atoms with Gasteiger partial charge in [-0.15, -0.1) is 0 Å². The number of hydrogen-bond donors (Lipinski definition) is 0. The van der Waals surface area contributed by atoms with E-state index in [0.29, 0.717) is 12.3 Å². The maximum Gasteiger partial charge on any atom is 0.232 e. The van der Waals surface area contributed by atoms with Gasteiger partial charge in [-0.1, -0.05) is 13.0 Å². The third kappa shape index (κ3) is 4.66. The number of hydrogen-bond acceptors (Lipinski definition) is 3. The van der Waals surface area contributed by atoms with Gasteiger partial charge in [0, 0.05) is 13.2 Å². The van der Waals surface area contributed by atoms with Crippen molar-refractivity contribution in [3.63, 3.8) is 0 Å². The molecule has 1 aromatic heterocycles. The third-order valence-corrected chi connectivity index (χ3v) is 3.27. The maximum atomic E-state index is 11.7. The van der Waals surface area contributed by atoms with Crippen molar-refractivity contribution < 1.29 is 4.79 Å². The van der Waals surface area contributed by atoms with E-state index in [4.69, 9.17) is 0 Å². The summed E-state index contributed by atoms with van der Waals surface area (Å²) in [7, 11) is 1.82. The van der Waals surface area contributed by atoms with Crippen LogP contribution in [-0.2, 0) is 11.3 Å². The summed E-state index contributed by atoms with van der Waals surface area (Å²) in [6, 6.07) is 5.75. The molecule has 0 aliphatic rings. The molecule has 0 saturated heterocycles. The molecule has 0 atom stereocenters. The van der Waals surface area contributed by atoms with Crippen LogP contribution in [0.2, 0.25) is 0 Å². The van der Waals surface area contributed by atoms with Gasteiger partial charge in [-0.2, -0.15) is 11.8 Å². The summed E-state index contributed by atoms with van der Waals surface area (Å²) in [4.78, 5) is 17.6. The minimum absolute atomic E-state index is 0.170. The molecule has 0 aliphatic carbocycles. The van der Waals surface area contributed by atoms with Crippen molar-refractivity contribution >= 4 is 17.7 Å². The standard InChI is InChI=1S/C12H18N2OS/c1-3-8-16-10-12(15)14(2)9-11-6-4-5-7-13-11/h4-7H,3,8-10H2,1-2H3. The number of carbonyl (C=O) groups excluding carboxylic acids is 1. The van der Waals surface area contributed by atoms with Crippen molar-refractivity contribution in [3.05, 3.63) is 30.1 Å². The van der Waals surface area contributed by atoms with Gasteiger partial charge in [-0.3, -0.25) is 9.78 Å². The van der Waals surface area contributed by atoms with E-state index in [1.807, 2.05) is 25.2 Å². The molecule has 16 heavy (non-hydrogen) atoms. The molecular formula is C12H18N2OS. The van der Waals surface area contributed by atoms with Crippen molar-refractivity contribution in [2.45, 2.75) is 19.9 Å². The number of amides is 1. The lowest BCUT2D eigenvalue weighted by Gasteiger charge is -2.16. The van der Waals surface area contributed by atoms with Crippen LogP contribution in [0.4, 0.5) is 0 Å². The molecule has 0 unspecified atom stereocenters. The van der Waals surface area contributed by atoms with Gasteiger partial charge in [0.05, 0.1) is 18.0 Å². The van der Waals surface area contributed by atoms with Crippen molar-refractivity contribution in [2.24, 2.45) is 0 Å². The first-order valence-electron chi connectivity index (χ1n) is 5.45. The van der Waals surface area contributed by atoms with Crippen molar-refractivity contribution in [2.75, 3.05) is 18.6 Å². The average Bonchev–Trinajstić information content (AvgIpc) is 2.30. The van der Waals surface area contributed by atoms with Crippen LogP contribution in [0, 0.1) is 0 Å². The van der Waals surface area contributed by atoms with Crippen LogP contribution in [-0.4, -0.2) is 34.3 Å². The predicted octanol–water partition coefficient (Wildman–Crippen LogP) is 2.18. The third-order valence-electron chi connectivity index (χ3n) is 2.13. The second kappa shape index (κ2) is 7.28. The highest BCUT2D eigenvalue weighted by molar-refractivity contribution is 7.99. The maximum absolute atomic E-state index is 11.7. The number of pyridine rings is 1.